The molecule has 3 heterocycles. The lowest BCUT2D eigenvalue weighted by Gasteiger charge is -2.23. The summed E-state index contributed by atoms with van der Waals surface area (Å²) in [6.45, 7) is 5.90. The summed E-state index contributed by atoms with van der Waals surface area (Å²) >= 11 is 0. The molecular formula is C19H26FN5O. The smallest absolute Gasteiger partial charge is 0.179 e. The van der Waals surface area contributed by atoms with Crippen molar-refractivity contribution in [1.29, 1.82) is 0 Å². The molecule has 2 N–H and O–H groups in total. The minimum atomic E-state index is -0.134. The number of anilines is 1. The van der Waals surface area contributed by atoms with Crippen molar-refractivity contribution >= 4 is 5.69 Å². The van der Waals surface area contributed by atoms with Crippen LogP contribution in [-0.2, 0) is 11.3 Å². The summed E-state index contributed by atoms with van der Waals surface area (Å²) in [5.74, 6) is 1.68. The van der Waals surface area contributed by atoms with Crippen molar-refractivity contribution in [3.05, 3.63) is 41.2 Å². The minimum absolute atomic E-state index is 0.0916. The Labute approximate surface area is 153 Å². The molecule has 0 bridgehead atoms. The highest BCUT2D eigenvalue weighted by atomic mass is 19.1. The summed E-state index contributed by atoms with van der Waals surface area (Å²) in [4.78, 5) is 6.69. The van der Waals surface area contributed by atoms with Crippen LogP contribution in [0, 0.1) is 18.7 Å². The first-order chi connectivity index (χ1) is 12.7. The zero-order valence-corrected chi connectivity index (χ0v) is 15.2. The van der Waals surface area contributed by atoms with Crippen LogP contribution in [0.2, 0.25) is 0 Å². The van der Waals surface area contributed by atoms with Gasteiger partial charge in [0.2, 0.25) is 0 Å². The fraction of sp³-hybridized carbons (Fsp3) is 0.579. The molecule has 1 aromatic heterocycles. The third-order valence-electron chi connectivity index (χ3n) is 5.33. The zero-order valence-electron chi connectivity index (χ0n) is 15.2. The molecular weight excluding hydrogens is 333 g/mol. The summed E-state index contributed by atoms with van der Waals surface area (Å²) in [5.41, 5.74) is 1.79. The van der Waals surface area contributed by atoms with Crippen molar-refractivity contribution in [3.63, 3.8) is 0 Å². The molecule has 0 radical (unpaired) electrons. The van der Waals surface area contributed by atoms with Gasteiger partial charge in [0, 0.05) is 50.0 Å². The molecule has 1 aromatic carbocycles. The van der Waals surface area contributed by atoms with Crippen LogP contribution in [0.25, 0.3) is 0 Å². The third kappa shape index (κ3) is 3.59. The average Bonchev–Trinajstić information content (AvgIpc) is 3.37. The van der Waals surface area contributed by atoms with Crippen LogP contribution >= 0.6 is 0 Å². The van der Waals surface area contributed by atoms with E-state index in [1.165, 1.54) is 12.8 Å². The van der Waals surface area contributed by atoms with Crippen LogP contribution < -0.4 is 10.2 Å². The Bertz CT molecular complexity index is 743. The van der Waals surface area contributed by atoms with E-state index >= 15 is 0 Å². The Kier molecular flexibility index (Phi) is 5.17. The Hall–Kier alpha value is -1.99. The monoisotopic (exact) mass is 359 g/mol. The molecule has 140 valence electrons. The predicted molar refractivity (Wildman–Crippen MR) is 97.5 cm³/mol. The second kappa shape index (κ2) is 7.72. The number of halogens is 1. The zero-order chi connectivity index (χ0) is 17.9. The van der Waals surface area contributed by atoms with Crippen molar-refractivity contribution < 1.29 is 9.13 Å². The fourth-order valence-electron chi connectivity index (χ4n) is 3.97. The summed E-state index contributed by atoms with van der Waals surface area (Å²) in [6, 6.07) is 5.39. The first kappa shape index (κ1) is 17.4. The lowest BCUT2D eigenvalue weighted by molar-refractivity contribution is 0.0835. The molecule has 4 rings (SSSR count). The Morgan fingerprint density at radius 2 is 2.19 bits per heavy atom. The van der Waals surface area contributed by atoms with Gasteiger partial charge in [-0.25, -0.2) is 9.37 Å². The quantitative estimate of drug-likeness (QED) is 0.830. The summed E-state index contributed by atoms with van der Waals surface area (Å²) in [5, 5.41) is 10.6. The molecule has 2 aliphatic heterocycles. The van der Waals surface area contributed by atoms with Gasteiger partial charge < -0.3 is 15.0 Å². The molecule has 0 amide bonds. The number of rotatable bonds is 6. The first-order valence-corrected chi connectivity index (χ1v) is 9.46. The summed E-state index contributed by atoms with van der Waals surface area (Å²) in [6.07, 6.45) is 3.23. The van der Waals surface area contributed by atoms with Gasteiger partial charge >= 0.3 is 0 Å². The molecule has 2 aliphatic rings. The van der Waals surface area contributed by atoms with Crippen molar-refractivity contribution in [2.24, 2.45) is 5.92 Å². The van der Waals surface area contributed by atoms with Gasteiger partial charge in [-0.15, -0.1) is 0 Å². The van der Waals surface area contributed by atoms with Crippen molar-refractivity contribution in [2.45, 2.75) is 38.8 Å². The fourth-order valence-corrected chi connectivity index (χ4v) is 3.97. The largest absolute Gasteiger partial charge is 0.371 e. The van der Waals surface area contributed by atoms with Crippen LogP contribution in [0.5, 0.6) is 0 Å². The maximum atomic E-state index is 14.4. The maximum Gasteiger partial charge on any atom is 0.179 e. The highest BCUT2D eigenvalue weighted by molar-refractivity contribution is 5.54. The Morgan fingerprint density at radius 3 is 2.96 bits per heavy atom. The van der Waals surface area contributed by atoms with Crippen LogP contribution in [0.15, 0.2) is 18.2 Å². The number of aromatic amines is 1. The second-order valence-electron chi connectivity index (χ2n) is 7.18. The molecule has 0 saturated carbocycles. The minimum Gasteiger partial charge on any atom is -0.371 e. The second-order valence-corrected chi connectivity index (χ2v) is 7.18. The summed E-state index contributed by atoms with van der Waals surface area (Å²) in [7, 11) is 0. The van der Waals surface area contributed by atoms with E-state index in [-0.39, 0.29) is 11.9 Å². The van der Waals surface area contributed by atoms with E-state index in [9.17, 15) is 4.39 Å². The van der Waals surface area contributed by atoms with Crippen LogP contribution in [0.3, 0.4) is 0 Å². The lowest BCUT2D eigenvalue weighted by atomic mass is 10.0. The van der Waals surface area contributed by atoms with Gasteiger partial charge in [0.1, 0.15) is 17.7 Å². The standard InChI is InChI=1S/C19H26FN5O/c1-13-22-19(24-23-13)18-14(7-10-26-18)11-21-12-15-16(20)5-4-6-17(15)25-8-2-3-9-25/h4-6,14,18,21H,2-3,7-12H2,1H3,(H,22,23,24)/t14-,18-/m0/s1. The van der Waals surface area contributed by atoms with Crippen LogP contribution in [-0.4, -0.2) is 41.4 Å². The van der Waals surface area contributed by atoms with Gasteiger partial charge in [-0.2, -0.15) is 5.10 Å². The van der Waals surface area contributed by atoms with Gasteiger partial charge in [-0.05, 0) is 38.3 Å². The predicted octanol–water partition coefficient (Wildman–Crippen LogP) is 2.72. The topological polar surface area (TPSA) is 66.1 Å². The van der Waals surface area contributed by atoms with Gasteiger partial charge in [0.25, 0.3) is 0 Å². The first-order valence-electron chi connectivity index (χ1n) is 9.46. The van der Waals surface area contributed by atoms with Gasteiger partial charge in [-0.1, -0.05) is 6.07 Å². The normalized spacial score (nSPS) is 23.1. The van der Waals surface area contributed by atoms with E-state index in [4.69, 9.17) is 4.74 Å². The van der Waals surface area contributed by atoms with Crippen molar-refractivity contribution in [3.8, 4) is 0 Å². The Morgan fingerprint density at radius 1 is 1.35 bits per heavy atom. The molecule has 7 heteroatoms. The molecule has 26 heavy (non-hydrogen) atoms. The van der Waals surface area contributed by atoms with E-state index < -0.39 is 0 Å². The van der Waals surface area contributed by atoms with E-state index in [0.29, 0.717) is 19.1 Å². The molecule has 0 aliphatic carbocycles. The van der Waals surface area contributed by atoms with Gasteiger partial charge in [0.05, 0.1) is 0 Å². The van der Waals surface area contributed by atoms with Gasteiger partial charge in [-0.3, -0.25) is 5.10 Å². The lowest BCUT2D eigenvalue weighted by Crippen LogP contribution is -2.27. The van der Waals surface area contributed by atoms with E-state index in [1.54, 1.807) is 12.1 Å². The van der Waals surface area contributed by atoms with Crippen molar-refractivity contribution in [1.82, 2.24) is 20.5 Å². The van der Waals surface area contributed by atoms with E-state index in [2.05, 4.69) is 25.4 Å². The average molecular weight is 359 g/mol. The number of nitrogens with zero attached hydrogens (tertiary/aromatic N) is 3. The van der Waals surface area contributed by atoms with Gasteiger partial charge in [0.15, 0.2) is 5.82 Å². The maximum absolute atomic E-state index is 14.4. The highest BCUT2D eigenvalue weighted by Gasteiger charge is 2.32. The number of hydrogen-bond acceptors (Lipinski definition) is 5. The number of aromatic nitrogens is 3. The van der Waals surface area contributed by atoms with Crippen LogP contribution in [0.1, 0.15) is 42.6 Å². The Balaban J connectivity index is 1.40. The molecule has 0 unspecified atom stereocenters. The van der Waals surface area contributed by atoms with E-state index in [0.717, 1.165) is 49.0 Å². The van der Waals surface area contributed by atoms with Crippen molar-refractivity contribution in [2.75, 3.05) is 31.1 Å². The number of benzene rings is 1. The third-order valence-corrected chi connectivity index (χ3v) is 5.33. The number of aryl methyl sites for hydroxylation is 1. The summed E-state index contributed by atoms with van der Waals surface area (Å²) < 4.78 is 20.3. The molecule has 2 aromatic rings. The molecule has 2 fully saturated rings. The highest BCUT2D eigenvalue weighted by Crippen LogP contribution is 2.32. The van der Waals surface area contributed by atoms with Crippen LogP contribution in [0.4, 0.5) is 10.1 Å². The number of nitrogens with one attached hydrogen (secondary N) is 2. The molecule has 2 saturated heterocycles. The molecule has 6 nitrogen and oxygen atoms in total. The number of hydrogen-bond donors (Lipinski definition) is 2. The molecule has 0 spiro atoms. The SMILES string of the molecule is Cc1nc([C@H]2OCC[C@H]2CNCc2c(F)cccc2N2CCCC2)n[nH]1. The van der Waals surface area contributed by atoms with E-state index in [1.807, 2.05) is 13.0 Å². The number of H-pyrrole nitrogens is 1. The number of ether oxygens (including phenoxy) is 1. The molecule has 2 atom stereocenters.